The summed E-state index contributed by atoms with van der Waals surface area (Å²) in [5.74, 6) is 0.0396. The highest BCUT2D eigenvalue weighted by Gasteiger charge is 2.18. The topological polar surface area (TPSA) is 37.8 Å². The summed E-state index contributed by atoms with van der Waals surface area (Å²) in [5, 5.41) is 1.87. The summed E-state index contributed by atoms with van der Waals surface area (Å²) >= 11 is 0. The van der Waals surface area contributed by atoms with Crippen molar-refractivity contribution < 1.29 is 13.2 Å². The van der Waals surface area contributed by atoms with Crippen molar-refractivity contribution in [2.45, 2.75) is 12.7 Å². The molecule has 1 rings (SSSR count). The first-order chi connectivity index (χ1) is 5.70. The second-order valence-electron chi connectivity index (χ2n) is 1.98. The lowest BCUT2D eigenvalue weighted by molar-refractivity contribution is 0.0648. The number of aromatic nitrogens is 2. The van der Waals surface area contributed by atoms with E-state index >= 15 is 0 Å². The van der Waals surface area contributed by atoms with Gasteiger partial charge in [-0.05, 0) is 6.07 Å². The smallest absolute Gasteiger partial charge is 0.287 e. The molecular formula is C6H6F3N3. The average molecular weight is 177 g/mol. The van der Waals surface area contributed by atoms with Crippen LogP contribution in [0.25, 0.3) is 0 Å². The summed E-state index contributed by atoms with van der Waals surface area (Å²) in [6.07, 6.45) is -2.98. The van der Waals surface area contributed by atoms with E-state index in [4.69, 9.17) is 0 Å². The average Bonchev–Trinajstić information content (AvgIpc) is 2.06. The molecule has 0 amide bonds. The first-order valence-electron chi connectivity index (χ1n) is 3.15. The molecule has 1 atom stereocenters. The zero-order valence-electron chi connectivity index (χ0n) is 5.92. The van der Waals surface area contributed by atoms with Gasteiger partial charge in [-0.25, -0.2) is 23.1 Å². The predicted molar refractivity (Wildman–Crippen MR) is 36.6 cm³/mol. The SMILES string of the molecule is FC(F)C(F)Nc1ccncn1. The van der Waals surface area contributed by atoms with Crippen LogP contribution in [0.3, 0.4) is 0 Å². The fourth-order valence-corrected chi connectivity index (χ4v) is 0.580. The van der Waals surface area contributed by atoms with Crippen molar-refractivity contribution in [2.24, 2.45) is 0 Å². The van der Waals surface area contributed by atoms with Crippen molar-refractivity contribution >= 4 is 5.82 Å². The number of alkyl halides is 3. The minimum Gasteiger partial charge on any atom is -0.336 e. The normalized spacial score (nSPS) is 13.0. The maximum absolute atomic E-state index is 12.3. The second kappa shape index (κ2) is 3.89. The molecule has 1 aromatic heterocycles. The molecule has 0 aromatic carbocycles. The van der Waals surface area contributed by atoms with Crippen molar-refractivity contribution in [2.75, 3.05) is 5.32 Å². The molecule has 12 heavy (non-hydrogen) atoms. The van der Waals surface area contributed by atoms with Gasteiger partial charge in [0.15, 0.2) is 0 Å². The molecule has 1 aromatic rings. The van der Waals surface area contributed by atoms with Crippen molar-refractivity contribution in [1.82, 2.24) is 9.97 Å². The van der Waals surface area contributed by atoms with Crippen LogP contribution in [0.5, 0.6) is 0 Å². The molecule has 6 heteroatoms. The monoisotopic (exact) mass is 177 g/mol. The van der Waals surface area contributed by atoms with Crippen LogP contribution in [0.1, 0.15) is 0 Å². The Balaban J connectivity index is 2.53. The molecule has 1 unspecified atom stereocenters. The number of rotatable bonds is 3. The lowest BCUT2D eigenvalue weighted by atomic mass is 10.5. The van der Waals surface area contributed by atoms with Crippen LogP contribution in [0.15, 0.2) is 18.6 Å². The largest absolute Gasteiger partial charge is 0.336 e. The molecule has 0 aliphatic carbocycles. The molecule has 0 spiro atoms. The molecule has 0 fully saturated rings. The summed E-state index contributed by atoms with van der Waals surface area (Å²) < 4.78 is 35.6. The molecular weight excluding hydrogens is 171 g/mol. The zero-order valence-corrected chi connectivity index (χ0v) is 5.92. The quantitative estimate of drug-likeness (QED) is 0.710. The highest BCUT2D eigenvalue weighted by Crippen LogP contribution is 2.08. The zero-order chi connectivity index (χ0) is 8.97. The number of hydrogen-bond donors (Lipinski definition) is 1. The highest BCUT2D eigenvalue weighted by molar-refractivity contribution is 5.32. The van der Waals surface area contributed by atoms with Crippen molar-refractivity contribution in [3.63, 3.8) is 0 Å². The lowest BCUT2D eigenvalue weighted by Gasteiger charge is -2.08. The Kier molecular flexibility index (Phi) is 2.84. The number of nitrogens with zero attached hydrogens (tertiary/aromatic N) is 2. The van der Waals surface area contributed by atoms with Crippen LogP contribution in [0, 0.1) is 0 Å². The molecule has 0 bridgehead atoms. The van der Waals surface area contributed by atoms with Gasteiger partial charge in [0.1, 0.15) is 12.1 Å². The standard InChI is InChI=1S/C6H6F3N3/c7-5(8)6(9)12-4-1-2-10-3-11-4/h1-3,5-6H,(H,10,11,12). The minimum absolute atomic E-state index is 0.0396. The van der Waals surface area contributed by atoms with Gasteiger partial charge < -0.3 is 5.32 Å². The van der Waals surface area contributed by atoms with E-state index in [1.807, 2.05) is 5.32 Å². The summed E-state index contributed by atoms with van der Waals surface area (Å²) in [6, 6.07) is 1.30. The Bertz CT molecular complexity index is 229. The predicted octanol–water partition coefficient (Wildman–Crippen LogP) is 1.45. The van der Waals surface area contributed by atoms with E-state index in [0.29, 0.717) is 0 Å². The van der Waals surface area contributed by atoms with E-state index in [9.17, 15) is 13.2 Å². The van der Waals surface area contributed by atoms with Gasteiger partial charge in [0.05, 0.1) is 0 Å². The van der Waals surface area contributed by atoms with Gasteiger partial charge in [-0.3, -0.25) is 0 Å². The van der Waals surface area contributed by atoms with Gasteiger partial charge in [-0.1, -0.05) is 0 Å². The van der Waals surface area contributed by atoms with E-state index in [-0.39, 0.29) is 5.82 Å². The first kappa shape index (κ1) is 8.76. The second-order valence-corrected chi connectivity index (χ2v) is 1.98. The van der Waals surface area contributed by atoms with Gasteiger partial charge in [-0.2, -0.15) is 0 Å². The van der Waals surface area contributed by atoms with Gasteiger partial charge in [0, 0.05) is 6.20 Å². The van der Waals surface area contributed by atoms with Crippen LogP contribution >= 0.6 is 0 Å². The fourth-order valence-electron chi connectivity index (χ4n) is 0.580. The van der Waals surface area contributed by atoms with Crippen LogP contribution in [-0.2, 0) is 0 Å². The highest BCUT2D eigenvalue weighted by atomic mass is 19.3. The van der Waals surface area contributed by atoms with Gasteiger partial charge >= 0.3 is 0 Å². The molecule has 0 aliphatic heterocycles. The Morgan fingerprint density at radius 3 is 2.58 bits per heavy atom. The number of hydrogen-bond acceptors (Lipinski definition) is 3. The van der Waals surface area contributed by atoms with Gasteiger partial charge in [0.25, 0.3) is 6.43 Å². The molecule has 0 radical (unpaired) electrons. The molecule has 0 aliphatic rings. The van der Waals surface area contributed by atoms with Crippen molar-refractivity contribution in [3.05, 3.63) is 18.6 Å². The van der Waals surface area contributed by atoms with Crippen molar-refractivity contribution in [3.8, 4) is 0 Å². The van der Waals surface area contributed by atoms with Gasteiger partial charge in [-0.15, -0.1) is 0 Å². The molecule has 1 N–H and O–H groups in total. The lowest BCUT2D eigenvalue weighted by Crippen LogP contribution is -2.22. The van der Waals surface area contributed by atoms with E-state index in [0.717, 1.165) is 6.33 Å². The van der Waals surface area contributed by atoms with Gasteiger partial charge in [0.2, 0.25) is 6.30 Å². The Morgan fingerprint density at radius 1 is 1.33 bits per heavy atom. The van der Waals surface area contributed by atoms with E-state index in [2.05, 4.69) is 9.97 Å². The minimum atomic E-state index is -3.06. The van der Waals surface area contributed by atoms with E-state index in [1.165, 1.54) is 12.3 Å². The van der Waals surface area contributed by atoms with E-state index < -0.39 is 12.7 Å². The van der Waals surface area contributed by atoms with Crippen LogP contribution in [0.2, 0.25) is 0 Å². The molecule has 0 saturated carbocycles. The summed E-state index contributed by atoms with van der Waals surface area (Å²) in [5.41, 5.74) is 0. The van der Waals surface area contributed by atoms with Crippen LogP contribution < -0.4 is 5.32 Å². The van der Waals surface area contributed by atoms with E-state index in [1.54, 1.807) is 0 Å². The summed E-state index contributed by atoms with van der Waals surface area (Å²) in [7, 11) is 0. The Labute approximate surface area is 66.6 Å². The molecule has 3 nitrogen and oxygen atoms in total. The maximum atomic E-state index is 12.3. The molecule has 66 valence electrons. The third kappa shape index (κ3) is 2.37. The maximum Gasteiger partial charge on any atom is 0.287 e. The summed E-state index contributed by atoms with van der Waals surface area (Å²) in [6.45, 7) is 0. The van der Waals surface area contributed by atoms with Crippen molar-refractivity contribution in [1.29, 1.82) is 0 Å². The van der Waals surface area contributed by atoms with Crippen LogP contribution in [0.4, 0.5) is 19.0 Å². The Morgan fingerprint density at radius 2 is 2.08 bits per heavy atom. The molecule has 1 heterocycles. The third-order valence-electron chi connectivity index (χ3n) is 1.09. The molecule has 0 saturated heterocycles. The fraction of sp³-hybridized carbons (Fsp3) is 0.333. The third-order valence-corrected chi connectivity index (χ3v) is 1.09. The number of anilines is 1. The summed E-state index contributed by atoms with van der Waals surface area (Å²) in [4.78, 5) is 7.04. The number of halogens is 3. The first-order valence-corrected chi connectivity index (χ1v) is 3.15. The van der Waals surface area contributed by atoms with Crippen LogP contribution in [-0.4, -0.2) is 22.7 Å². The Hall–Kier alpha value is -1.33. The number of nitrogens with one attached hydrogen (secondary N) is 1.